The lowest BCUT2D eigenvalue weighted by molar-refractivity contribution is -0.384. The molecule has 4 N–H and O–H groups in total. The largest absolute Gasteiger partial charge is 0.463 e. The number of ether oxygens (including phenoxy) is 2. The number of hydrogen-bond acceptors (Lipinski definition) is 8. The molecule has 0 spiro atoms. The third-order valence-corrected chi connectivity index (χ3v) is 3.55. The lowest BCUT2D eigenvalue weighted by Crippen LogP contribution is -2.65. The van der Waals surface area contributed by atoms with Crippen molar-refractivity contribution in [2.75, 3.05) is 6.61 Å². The Bertz CT molecular complexity index is 593. The minimum Gasteiger partial charge on any atom is -0.463 e. The molecule has 0 saturated carbocycles. The number of nitrogens with one attached hydrogen (secondary N) is 1. The van der Waals surface area contributed by atoms with E-state index in [0.717, 1.165) is 0 Å². The minimum absolute atomic E-state index is 0.131. The molecule has 0 aliphatic carbocycles. The molecule has 1 fully saturated rings. The Morgan fingerprint density at radius 3 is 2.46 bits per heavy atom. The quantitative estimate of drug-likeness (QED) is 0.389. The number of aliphatic hydroxyl groups is 3. The highest BCUT2D eigenvalue weighted by Gasteiger charge is 2.46. The zero-order valence-electron chi connectivity index (χ0n) is 12.7. The highest BCUT2D eigenvalue weighted by atomic mass is 16.7. The number of carbonyl (C=O) groups excluding carboxylic acids is 1. The van der Waals surface area contributed by atoms with E-state index >= 15 is 0 Å². The van der Waals surface area contributed by atoms with Crippen molar-refractivity contribution in [3.05, 3.63) is 34.4 Å². The predicted molar refractivity (Wildman–Crippen MR) is 79.1 cm³/mol. The summed E-state index contributed by atoms with van der Waals surface area (Å²) in [5, 5.41) is 42.3. The maximum atomic E-state index is 11.3. The van der Waals surface area contributed by atoms with E-state index in [4.69, 9.17) is 9.47 Å². The topological polar surface area (TPSA) is 151 Å². The van der Waals surface area contributed by atoms with Gasteiger partial charge in [0.25, 0.3) is 5.69 Å². The third kappa shape index (κ3) is 3.97. The Hall–Kier alpha value is -2.27. The summed E-state index contributed by atoms with van der Waals surface area (Å²) in [5.41, 5.74) is -0.131. The van der Waals surface area contributed by atoms with E-state index in [1.165, 1.54) is 31.2 Å². The summed E-state index contributed by atoms with van der Waals surface area (Å²) in [6.45, 7) is 0.658. The maximum absolute atomic E-state index is 11.3. The van der Waals surface area contributed by atoms with Crippen LogP contribution in [0.3, 0.4) is 0 Å². The summed E-state index contributed by atoms with van der Waals surface area (Å²) < 4.78 is 10.9. The van der Waals surface area contributed by atoms with Crippen LogP contribution in [0.4, 0.5) is 5.69 Å². The molecule has 2 rings (SSSR count). The molecule has 1 aromatic carbocycles. The Kier molecular flexibility index (Phi) is 5.67. The van der Waals surface area contributed by atoms with Crippen LogP contribution in [0.5, 0.6) is 5.75 Å². The molecule has 0 bridgehead atoms. The highest BCUT2D eigenvalue weighted by Crippen LogP contribution is 2.25. The molecule has 1 aliphatic rings. The fourth-order valence-electron chi connectivity index (χ4n) is 2.35. The van der Waals surface area contributed by atoms with Crippen molar-refractivity contribution in [1.82, 2.24) is 5.32 Å². The van der Waals surface area contributed by atoms with Crippen LogP contribution in [0.15, 0.2) is 24.3 Å². The number of non-ortho nitro benzene ring substituents is 1. The Balaban J connectivity index is 2.19. The number of hydrogen-bond donors (Lipinski definition) is 4. The average molecular weight is 342 g/mol. The molecule has 5 atom stereocenters. The summed E-state index contributed by atoms with van der Waals surface area (Å²) in [6.07, 6.45) is -5.15. The molecule has 0 aromatic heterocycles. The Morgan fingerprint density at radius 1 is 1.33 bits per heavy atom. The first-order chi connectivity index (χ1) is 11.3. The van der Waals surface area contributed by atoms with Gasteiger partial charge >= 0.3 is 0 Å². The fourth-order valence-corrected chi connectivity index (χ4v) is 2.35. The van der Waals surface area contributed by atoms with E-state index in [9.17, 15) is 30.2 Å². The Morgan fingerprint density at radius 2 is 1.96 bits per heavy atom. The van der Waals surface area contributed by atoms with Gasteiger partial charge < -0.3 is 30.1 Å². The molecule has 1 saturated heterocycles. The molecule has 1 amide bonds. The molecule has 1 heterocycles. The number of nitrogens with zero attached hydrogens (tertiary/aromatic N) is 1. The fraction of sp³-hybridized carbons (Fsp3) is 0.500. The molecular formula is C14H18N2O8. The SMILES string of the molecule is CC(=O)N[C@H]1[C@H](Oc2ccc([N+](=O)[O-])cc2)O[C@@H](CO)[C@@H](O)[C@H]1O. The van der Waals surface area contributed by atoms with E-state index in [1.54, 1.807) is 0 Å². The molecular weight excluding hydrogens is 324 g/mol. The molecule has 0 radical (unpaired) electrons. The van der Waals surface area contributed by atoms with Crippen LogP contribution in [-0.4, -0.2) is 63.4 Å². The van der Waals surface area contributed by atoms with Gasteiger partial charge in [-0.3, -0.25) is 14.9 Å². The van der Waals surface area contributed by atoms with Gasteiger partial charge in [0.15, 0.2) is 0 Å². The van der Waals surface area contributed by atoms with Gasteiger partial charge in [-0.25, -0.2) is 0 Å². The van der Waals surface area contributed by atoms with Crippen LogP contribution in [0.25, 0.3) is 0 Å². The highest BCUT2D eigenvalue weighted by molar-refractivity contribution is 5.73. The molecule has 24 heavy (non-hydrogen) atoms. The summed E-state index contributed by atoms with van der Waals surface area (Å²) >= 11 is 0. The number of carbonyl (C=O) groups is 1. The first kappa shape index (κ1) is 18.1. The van der Waals surface area contributed by atoms with E-state index < -0.39 is 48.1 Å². The zero-order valence-corrected chi connectivity index (χ0v) is 12.7. The van der Waals surface area contributed by atoms with E-state index in [-0.39, 0.29) is 11.4 Å². The first-order valence-corrected chi connectivity index (χ1v) is 7.14. The van der Waals surface area contributed by atoms with Crippen LogP contribution >= 0.6 is 0 Å². The second kappa shape index (κ2) is 7.53. The van der Waals surface area contributed by atoms with Gasteiger partial charge in [0.05, 0.1) is 11.5 Å². The summed E-state index contributed by atoms with van der Waals surface area (Å²) in [7, 11) is 0. The maximum Gasteiger partial charge on any atom is 0.269 e. The van der Waals surface area contributed by atoms with Crippen molar-refractivity contribution in [2.45, 2.75) is 37.6 Å². The van der Waals surface area contributed by atoms with Crippen LogP contribution in [0, 0.1) is 10.1 Å². The van der Waals surface area contributed by atoms with Crippen molar-refractivity contribution in [3.63, 3.8) is 0 Å². The second-order valence-corrected chi connectivity index (χ2v) is 5.30. The molecule has 132 valence electrons. The van der Waals surface area contributed by atoms with Crippen LogP contribution in [-0.2, 0) is 9.53 Å². The van der Waals surface area contributed by atoms with Gasteiger partial charge in [-0.2, -0.15) is 0 Å². The van der Waals surface area contributed by atoms with Crippen molar-refractivity contribution < 1.29 is 34.5 Å². The van der Waals surface area contributed by atoms with Gasteiger partial charge in [-0.15, -0.1) is 0 Å². The van der Waals surface area contributed by atoms with Crippen LogP contribution in [0.2, 0.25) is 0 Å². The first-order valence-electron chi connectivity index (χ1n) is 7.14. The average Bonchev–Trinajstić information content (AvgIpc) is 2.54. The van der Waals surface area contributed by atoms with Gasteiger partial charge in [-0.1, -0.05) is 0 Å². The second-order valence-electron chi connectivity index (χ2n) is 5.30. The molecule has 1 aromatic rings. The number of nitro groups is 1. The number of aliphatic hydroxyl groups excluding tert-OH is 3. The Labute approximate surface area is 136 Å². The van der Waals surface area contributed by atoms with E-state index in [2.05, 4.69) is 5.32 Å². The van der Waals surface area contributed by atoms with Gasteiger partial charge in [-0.05, 0) is 12.1 Å². The van der Waals surface area contributed by atoms with E-state index in [1.807, 2.05) is 0 Å². The molecule has 1 aliphatic heterocycles. The number of benzene rings is 1. The van der Waals surface area contributed by atoms with Crippen LogP contribution in [0.1, 0.15) is 6.92 Å². The van der Waals surface area contributed by atoms with Gasteiger partial charge in [0, 0.05) is 19.1 Å². The third-order valence-electron chi connectivity index (χ3n) is 3.55. The normalized spacial score (nSPS) is 29.8. The van der Waals surface area contributed by atoms with E-state index in [0.29, 0.717) is 0 Å². The standard InChI is InChI=1S/C14H18N2O8/c1-7(18)15-11-13(20)12(19)10(6-17)24-14(11)23-9-4-2-8(3-5-9)16(21)22/h2-5,10-14,17,19-20H,6H2,1H3,(H,15,18)/t10-,11+,12+,13-,14+/m0/s1. The van der Waals surface area contributed by atoms with Crippen molar-refractivity contribution in [2.24, 2.45) is 0 Å². The monoisotopic (exact) mass is 342 g/mol. The zero-order chi connectivity index (χ0) is 17.9. The lowest BCUT2D eigenvalue weighted by Gasteiger charge is -2.42. The van der Waals surface area contributed by atoms with Crippen molar-refractivity contribution in [1.29, 1.82) is 0 Å². The smallest absolute Gasteiger partial charge is 0.269 e. The number of rotatable bonds is 5. The molecule has 0 unspecified atom stereocenters. The molecule has 10 nitrogen and oxygen atoms in total. The predicted octanol–water partition coefficient (Wildman–Crippen LogP) is -1.08. The number of amides is 1. The summed E-state index contributed by atoms with van der Waals surface area (Å²) in [5.74, 6) is -0.282. The number of nitro benzene ring substituents is 1. The minimum atomic E-state index is -1.43. The lowest BCUT2D eigenvalue weighted by atomic mass is 9.97. The molecule has 10 heteroatoms. The van der Waals surface area contributed by atoms with Crippen molar-refractivity contribution in [3.8, 4) is 5.75 Å². The van der Waals surface area contributed by atoms with Gasteiger partial charge in [0.2, 0.25) is 12.2 Å². The van der Waals surface area contributed by atoms with Crippen LogP contribution < -0.4 is 10.1 Å². The van der Waals surface area contributed by atoms with Crippen molar-refractivity contribution >= 4 is 11.6 Å². The summed E-state index contributed by atoms with van der Waals surface area (Å²) in [4.78, 5) is 21.4. The summed E-state index contributed by atoms with van der Waals surface area (Å²) in [6, 6.07) is 4.02. The van der Waals surface area contributed by atoms with Gasteiger partial charge in [0.1, 0.15) is 30.1 Å².